The van der Waals surface area contributed by atoms with Crippen molar-refractivity contribution in [1.29, 1.82) is 0 Å². The number of rotatable bonds is 3. The van der Waals surface area contributed by atoms with E-state index >= 15 is 0 Å². The van der Waals surface area contributed by atoms with Gasteiger partial charge in [-0.25, -0.2) is 9.37 Å². The third-order valence-corrected chi connectivity index (χ3v) is 7.49. The second-order valence-electron chi connectivity index (χ2n) is 7.82. The Hall–Kier alpha value is -1.98. The molecule has 1 amide bonds. The molecular weight excluding hydrogens is 395 g/mol. The third kappa shape index (κ3) is 3.11. The zero-order valence-corrected chi connectivity index (χ0v) is 16.9. The van der Waals surface area contributed by atoms with E-state index in [2.05, 4.69) is 0 Å². The molecule has 0 N–H and O–H groups in total. The molecule has 0 atom stereocenters. The molecule has 6 heteroatoms. The fourth-order valence-corrected chi connectivity index (χ4v) is 5.53. The van der Waals surface area contributed by atoms with Crippen LogP contribution in [0.2, 0.25) is 5.02 Å². The van der Waals surface area contributed by atoms with E-state index in [1.165, 1.54) is 12.1 Å². The fourth-order valence-electron chi connectivity index (χ4n) is 4.25. The highest BCUT2D eigenvalue weighted by Gasteiger charge is 2.53. The number of nitrogens with zero attached hydrogens (tertiary/aromatic N) is 2. The van der Waals surface area contributed by atoms with E-state index in [0.717, 1.165) is 59.6 Å². The number of carbonyl (C=O) groups is 1. The van der Waals surface area contributed by atoms with Crippen molar-refractivity contribution >= 4 is 39.1 Å². The van der Waals surface area contributed by atoms with Gasteiger partial charge >= 0.3 is 0 Å². The first-order valence-electron chi connectivity index (χ1n) is 9.67. The summed E-state index contributed by atoms with van der Waals surface area (Å²) in [6.45, 7) is 1.51. The van der Waals surface area contributed by atoms with Crippen LogP contribution in [0.5, 0.6) is 0 Å². The second kappa shape index (κ2) is 6.82. The minimum Gasteiger partial charge on any atom is -0.342 e. The van der Waals surface area contributed by atoms with Gasteiger partial charge in [0.25, 0.3) is 0 Å². The lowest BCUT2D eigenvalue weighted by Gasteiger charge is -2.34. The Morgan fingerprint density at radius 2 is 1.86 bits per heavy atom. The van der Waals surface area contributed by atoms with Gasteiger partial charge in [0.2, 0.25) is 5.91 Å². The lowest BCUT2D eigenvalue weighted by Crippen LogP contribution is -2.43. The van der Waals surface area contributed by atoms with Crippen molar-refractivity contribution in [2.45, 2.75) is 37.0 Å². The van der Waals surface area contributed by atoms with Crippen LogP contribution in [0.15, 0.2) is 42.5 Å². The molecule has 1 aromatic heterocycles. The predicted octanol–water partition coefficient (Wildman–Crippen LogP) is 5.53. The Kier molecular flexibility index (Phi) is 4.40. The Labute approximate surface area is 172 Å². The summed E-state index contributed by atoms with van der Waals surface area (Å²) in [4.78, 5) is 20.0. The van der Waals surface area contributed by atoms with Crippen LogP contribution in [0.1, 0.15) is 42.2 Å². The number of piperidine rings is 1. The van der Waals surface area contributed by atoms with Crippen molar-refractivity contribution in [3.63, 3.8) is 0 Å². The van der Waals surface area contributed by atoms with E-state index in [4.69, 9.17) is 16.6 Å². The molecule has 144 valence electrons. The minimum atomic E-state index is -0.423. The maximum atomic E-state index is 13.2. The van der Waals surface area contributed by atoms with Crippen LogP contribution in [0.4, 0.5) is 4.39 Å². The van der Waals surface area contributed by atoms with Gasteiger partial charge in [0.1, 0.15) is 5.82 Å². The maximum Gasteiger partial charge on any atom is 0.233 e. The number of likely N-dealkylation sites (tertiary alicyclic amines) is 1. The Bertz CT molecular complexity index is 1040. The largest absolute Gasteiger partial charge is 0.342 e. The molecule has 0 bridgehead atoms. The third-order valence-electron chi connectivity index (χ3n) is 6.05. The fraction of sp³-hybridized carbons (Fsp3) is 0.364. The van der Waals surface area contributed by atoms with Crippen LogP contribution in [0.25, 0.3) is 10.2 Å². The van der Waals surface area contributed by atoms with E-state index in [9.17, 15) is 9.18 Å². The molecule has 2 heterocycles. The highest BCUT2D eigenvalue weighted by molar-refractivity contribution is 7.18. The van der Waals surface area contributed by atoms with Crippen molar-refractivity contribution < 1.29 is 9.18 Å². The predicted molar refractivity (Wildman–Crippen MR) is 110 cm³/mol. The molecule has 2 aliphatic rings. The van der Waals surface area contributed by atoms with Gasteiger partial charge in [-0.3, -0.25) is 4.79 Å². The minimum absolute atomic E-state index is 0.202. The summed E-state index contributed by atoms with van der Waals surface area (Å²) in [6.07, 6.45) is 3.57. The molecule has 3 nitrogen and oxygen atoms in total. The van der Waals surface area contributed by atoms with Crippen molar-refractivity contribution in [3.8, 4) is 0 Å². The van der Waals surface area contributed by atoms with E-state index < -0.39 is 5.41 Å². The van der Waals surface area contributed by atoms with E-state index in [0.29, 0.717) is 10.9 Å². The van der Waals surface area contributed by atoms with Crippen LogP contribution in [-0.2, 0) is 10.2 Å². The first kappa shape index (κ1) is 18.1. The summed E-state index contributed by atoms with van der Waals surface area (Å²) in [5.41, 5.74) is 1.48. The Morgan fingerprint density at radius 1 is 1.14 bits per heavy atom. The summed E-state index contributed by atoms with van der Waals surface area (Å²) in [5.74, 6) is 0.333. The maximum absolute atomic E-state index is 13.2. The van der Waals surface area contributed by atoms with Gasteiger partial charge in [0.05, 0.1) is 20.6 Å². The summed E-state index contributed by atoms with van der Waals surface area (Å²) >= 11 is 7.80. The zero-order valence-electron chi connectivity index (χ0n) is 15.3. The smallest absolute Gasteiger partial charge is 0.233 e. The average molecular weight is 415 g/mol. The molecule has 5 rings (SSSR count). The van der Waals surface area contributed by atoms with Crippen molar-refractivity contribution in [3.05, 3.63) is 63.9 Å². The van der Waals surface area contributed by atoms with Gasteiger partial charge in [-0.05, 0) is 61.6 Å². The van der Waals surface area contributed by atoms with Crippen LogP contribution < -0.4 is 0 Å². The summed E-state index contributed by atoms with van der Waals surface area (Å²) in [6, 6.07) is 12.3. The van der Waals surface area contributed by atoms with Crippen LogP contribution >= 0.6 is 22.9 Å². The molecular formula is C22H20ClFN2OS. The topological polar surface area (TPSA) is 33.2 Å². The van der Waals surface area contributed by atoms with Crippen molar-refractivity contribution in [2.24, 2.45) is 0 Å². The van der Waals surface area contributed by atoms with Gasteiger partial charge in [0.15, 0.2) is 0 Å². The quantitative estimate of drug-likeness (QED) is 0.564. The lowest BCUT2D eigenvalue weighted by atomic mass is 9.91. The monoisotopic (exact) mass is 414 g/mol. The molecule has 1 aliphatic carbocycles. The summed E-state index contributed by atoms with van der Waals surface area (Å²) in [7, 11) is 0. The molecule has 1 aliphatic heterocycles. The summed E-state index contributed by atoms with van der Waals surface area (Å²) < 4.78 is 14.4. The molecule has 1 saturated heterocycles. The molecule has 2 fully saturated rings. The van der Waals surface area contributed by atoms with E-state index in [-0.39, 0.29) is 11.7 Å². The van der Waals surface area contributed by atoms with Crippen LogP contribution in [-0.4, -0.2) is 28.9 Å². The number of hydrogen-bond donors (Lipinski definition) is 0. The Morgan fingerprint density at radius 3 is 2.54 bits per heavy atom. The molecule has 2 aromatic carbocycles. The summed E-state index contributed by atoms with van der Waals surface area (Å²) in [5, 5.41) is 1.85. The van der Waals surface area contributed by atoms with Crippen LogP contribution in [0, 0.1) is 5.82 Å². The molecule has 1 saturated carbocycles. The highest BCUT2D eigenvalue weighted by atomic mass is 35.5. The van der Waals surface area contributed by atoms with E-state index in [1.807, 2.05) is 23.1 Å². The van der Waals surface area contributed by atoms with Gasteiger partial charge < -0.3 is 4.90 Å². The standard InChI is InChI=1S/C22H20ClFN2OS/c23-16-3-6-19-18(13-16)25-20(28-19)14-7-11-26(12-8-14)21(27)22(9-10-22)15-1-4-17(24)5-2-15/h1-6,13-14H,7-12H2. The average Bonchev–Trinajstić information content (AvgIpc) is 3.41. The van der Waals surface area contributed by atoms with Crippen molar-refractivity contribution in [2.75, 3.05) is 13.1 Å². The normalized spacial score (nSPS) is 19.1. The lowest BCUT2D eigenvalue weighted by molar-refractivity contribution is -0.135. The number of hydrogen-bond acceptors (Lipinski definition) is 3. The second-order valence-corrected chi connectivity index (χ2v) is 9.32. The van der Waals surface area contributed by atoms with Gasteiger partial charge in [-0.15, -0.1) is 11.3 Å². The molecule has 3 aromatic rings. The number of aromatic nitrogens is 1. The number of amides is 1. The molecule has 28 heavy (non-hydrogen) atoms. The van der Waals surface area contributed by atoms with Crippen molar-refractivity contribution in [1.82, 2.24) is 9.88 Å². The number of benzene rings is 2. The first-order chi connectivity index (χ1) is 13.5. The van der Waals surface area contributed by atoms with Gasteiger partial charge in [-0.1, -0.05) is 23.7 Å². The number of thiazole rings is 1. The molecule has 0 unspecified atom stereocenters. The van der Waals surface area contributed by atoms with E-state index in [1.54, 1.807) is 23.5 Å². The number of carbonyl (C=O) groups excluding carboxylic acids is 1. The zero-order chi connectivity index (χ0) is 19.3. The van der Waals surface area contributed by atoms with Gasteiger partial charge in [-0.2, -0.15) is 0 Å². The SMILES string of the molecule is O=C(N1CCC(c2nc3cc(Cl)ccc3s2)CC1)C1(c2ccc(F)cc2)CC1. The first-order valence-corrected chi connectivity index (χ1v) is 10.9. The number of fused-ring (bicyclic) bond motifs is 1. The van der Waals surface area contributed by atoms with Crippen LogP contribution in [0.3, 0.4) is 0 Å². The number of halogens is 2. The van der Waals surface area contributed by atoms with Gasteiger partial charge in [0, 0.05) is 24.0 Å². The molecule has 0 radical (unpaired) electrons. The molecule has 0 spiro atoms. The highest BCUT2D eigenvalue weighted by Crippen LogP contribution is 2.50. The Balaban J connectivity index is 1.29.